The van der Waals surface area contributed by atoms with E-state index in [0.717, 1.165) is 17.0 Å². The predicted molar refractivity (Wildman–Crippen MR) is 119 cm³/mol. The molecule has 13 heteroatoms. The number of halogens is 4. The number of H-pyrrole nitrogens is 1. The topological polar surface area (TPSA) is 102 Å². The lowest BCUT2D eigenvalue weighted by Crippen LogP contribution is -2.29. The monoisotopic (exact) mass is 513 g/mol. The summed E-state index contributed by atoms with van der Waals surface area (Å²) >= 11 is 5.90. The predicted octanol–water partition coefficient (Wildman–Crippen LogP) is 5.28. The molecule has 1 atom stereocenters. The van der Waals surface area contributed by atoms with Gasteiger partial charge in [-0.05, 0) is 55.6 Å². The molecular weight excluding hydrogens is 495 g/mol. The van der Waals surface area contributed by atoms with Crippen molar-refractivity contribution in [2.45, 2.75) is 37.5 Å². The minimum absolute atomic E-state index is 0.131. The number of hydrogen-bond acceptors (Lipinski definition) is 5. The molecule has 2 heterocycles. The van der Waals surface area contributed by atoms with E-state index in [1.54, 1.807) is 29.8 Å². The summed E-state index contributed by atoms with van der Waals surface area (Å²) in [5, 5.41) is 8.70. The Morgan fingerprint density at radius 3 is 2.65 bits per heavy atom. The number of sulfonamides is 1. The minimum atomic E-state index is -4.72. The molecule has 180 valence electrons. The molecule has 0 bridgehead atoms. The third-order valence-electron chi connectivity index (χ3n) is 5.06. The molecule has 2 N–H and O–H groups in total. The van der Waals surface area contributed by atoms with Crippen LogP contribution < -0.4 is 9.46 Å². The second kappa shape index (κ2) is 8.93. The fourth-order valence-electron chi connectivity index (χ4n) is 3.42. The van der Waals surface area contributed by atoms with Gasteiger partial charge in [-0.15, -0.1) is 5.10 Å². The number of aromatic nitrogens is 4. The van der Waals surface area contributed by atoms with Crippen LogP contribution in [0.3, 0.4) is 0 Å². The highest BCUT2D eigenvalue weighted by atomic mass is 35.5. The van der Waals surface area contributed by atoms with Crippen molar-refractivity contribution in [3.8, 4) is 11.8 Å². The van der Waals surface area contributed by atoms with Crippen LogP contribution in [0.1, 0.15) is 31.3 Å². The average molecular weight is 514 g/mol. The smallest absolute Gasteiger partial charge is 0.416 e. The Morgan fingerprint density at radius 2 is 1.94 bits per heavy atom. The molecule has 4 rings (SSSR count). The van der Waals surface area contributed by atoms with E-state index in [1.165, 1.54) is 6.92 Å². The van der Waals surface area contributed by atoms with Gasteiger partial charge in [0, 0.05) is 24.3 Å². The van der Waals surface area contributed by atoms with Crippen molar-refractivity contribution in [1.29, 1.82) is 0 Å². The van der Waals surface area contributed by atoms with Crippen molar-refractivity contribution >= 4 is 32.5 Å². The van der Waals surface area contributed by atoms with Gasteiger partial charge in [0.2, 0.25) is 10.0 Å². The molecule has 0 saturated carbocycles. The van der Waals surface area contributed by atoms with Crippen molar-refractivity contribution in [2.24, 2.45) is 0 Å². The molecule has 0 fully saturated rings. The highest BCUT2D eigenvalue weighted by Gasteiger charge is 2.33. The lowest BCUT2D eigenvalue weighted by molar-refractivity contribution is -0.137. The van der Waals surface area contributed by atoms with Gasteiger partial charge in [0.1, 0.15) is 10.6 Å². The lowest BCUT2D eigenvalue weighted by Gasteiger charge is -2.17. The van der Waals surface area contributed by atoms with Crippen LogP contribution in [0.25, 0.3) is 10.9 Å². The molecule has 2 aromatic carbocycles. The number of nitrogens with one attached hydrogen (secondary N) is 2. The van der Waals surface area contributed by atoms with Gasteiger partial charge in [-0.1, -0.05) is 16.7 Å². The first kappa shape index (κ1) is 24.0. The van der Waals surface area contributed by atoms with Crippen molar-refractivity contribution in [1.82, 2.24) is 24.5 Å². The van der Waals surface area contributed by atoms with E-state index in [2.05, 4.69) is 19.9 Å². The number of hydrogen-bond donors (Lipinski definition) is 2. The molecule has 0 unspecified atom stereocenters. The Morgan fingerprint density at radius 1 is 1.18 bits per heavy atom. The fraction of sp³-hybridized carbons (Fsp3) is 0.238. The zero-order chi connectivity index (χ0) is 24.7. The number of nitrogens with zero attached hydrogens (tertiary/aromatic N) is 3. The normalized spacial score (nSPS) is 13.4. The summed E-state index contributed by atoms with van der Waals surface area (Å²) in [6.45, 7) is 3.63. The van der Waals surface area contributed by atoms with E-state index in [4.69, 9.17) is 16.3 Å². The maximum absolute atomic E-state index is 13.1. The SMILES string of the molecule is CCn1c(Oc2ccc3cc[nH]c3c2)nnc1[C@@H](C)NS(=O)(=O)c1cc(C(F)(F)F)ccc1Cl. The number of fused-ring (bicyclic) bond motifs is 1. The van der Waals surface area contributed by atoms with Gasteiger partial charge in [0.15, 0.2) is 5.82 Å². The number of benzene rings is 2. The molecule has 0 aliphatic heterocycles. The molecule has 4 aromatic rings. The molecule has 2 aromatic heterocycles. The Hall–Kier alpha value is -3.09. The van der Waals surface area contributed by atoms with Crippen LogP contribution in [0.5, 0.6) is 11.8 Å². The van der Waals surface area contributed by atoms with Crippen LogP contribution in [0.15, 0.2) is 53.6 Å². The van der Waals surface area contributed by atoms with Crippen LogP contribution in [-0.2, 0) is 22.7 Å². The molecule has 8 nitrogen and oxygen atoms in total. The number of rotatable bonds is 7. The minimum Gasteiger partial charge on any atom is -0.424 e. The second-order valence-electron chi connectivity index (χ2n) is 7.40. The Bertz CT molecular complexity index is 1450. The first-order valence-corrected chi connectivity index (χ1v) is 11.9. The Kier molecular flexibility index (Phi) is 6.32. The molecule has 0 aliphatic rings. The summed E-state index contributed by atoms with van der Waals surface area (Å²) in [7, 11) is -4.42. The summed E-state index contributed by atoms with van der Waals surface area (Å²) in [4.78, 5) is 2.39. The third-order valence-corrected chi connectivity index (χ3v) is 7.09. The summed E-state index contributed by atoms with van der Waals surface area (Å²) in [6.07, 6.45) is -2.93. The van der Waals surface area contributed by atoms with E-state index >= 15 is 0 Å². The Balaban J connectivity index is 1.60. The highest BCUT2D eigenvalue weighted by Crippen LogP contribution is 2.34. The van der Waals surface area contributed by atoms with E-state index < -0.39 is 32.7 Å². The van der Waals surface area contributed by atoms with E-state index in [0.29, 0.717) is 24.4 Å². The molecule has 0 saturated heterocycles. The largest absolute Gasteiger partial charge is 0.424 e. The molecule has 0 amide bonds. The average Bonchev–Trinajstić information content (AvgIpc) is 3.39. The van der Waals surface area contributed by atoms with Crippen LogP contribution in [0.4, 0.5) is 13.2 Å². The van der Waals surface area contributed by atoms with E-state index in [-0.39, 0.29) is 16.9 Å². The number of aromatic amines is 1. The van der Waals surface area contributed by atoms with E-state index in [9.17, 15) is 21.6 Å². The van der Waals surface area contributed by atoms with Gasteiger partial charge in [-0.3, -0.25) is 4.57 Å². The quantitative estimate of drug-likeness (QED) is 0.350. The summed E-state index contributed by atoms with van der Waals surface area (Å²) in [5.74, 6) is 0.706. The first-order chi connectivity index (χ1) is 16.0. The highest BCUT2D eigenvalue weighted by molar-refractivity contribution is 7.89. The first-order valence-electron chi connectivity index (χ1n) is 10.1. The Labute approximate surface area is 197 Å². The van der Waals surface area contributed by atoms with Crippen molar-refractivity contribution in [2.75, 3.05) is 0 Å². The summed E-state index contributed by atoms with van der Waals surface area (Å²) in [6, 6.07) is 8.60. The van der Waals surface area contributed by atoms with Gasteiger partial charge >= 0.3 is 12.2 Å². The molecule has 34 heavy (non-hydrogen) atoms. The van der Waals surface area contributed by atoms with Crippen LogP contribution in [-0.4, -0.2) is 28.2 Å². The van der Waals surface area contributed by atoms with Gasteiger partial charge < -0.3 is 9.72 Å². The lowest BCUT2D eigenvalue weighted by atomic mass is 10.2. The maximum Gasteiger partial charge on any atom is 0.416 e. The summed E-state index contributed by atoms with van der Waals surface area (Å²) in [5.41, 5.74) is -0.268. The number of ether oxygens (including phenoxy) is 1. The third kappa shape index (κ3) is 4.74. The number of alkyl halides is 3. The maximum atomic E-state index is 13.1. The molecular formula is C21H19ClF3N5O3S. The van der Waals surface area contributed by atoms with Crippen LogP contribution in [0, 0.1) is 0 Å². The van der Waals surface area contributed by atoms with Crippen molar-refractivity contribution < 1.29 is 26.3 Å². The van der Waals surface area contributed by atoms with Crippen LogP contribution >= 0.6 is 11.6 Å². The second-order valence-corrected chi connectivity index (χ2v) is 9.49. The van der Waals surface area contributed by atoms with Gasteiger partial charge in [0.25, 0.3) is 0 Å². The molecule has 0 spiro atoms. The van der Waals surface area contributed by atoms with Crippen LogP contribution in [0.2, 0.25) is 5.02 Å². The van der Waals surface area contributed by atoms with Gasteiger partial charge in [0.05, 0.1) is 16.6 Å². The van der Waals surface area contributed by atoms with Gasteiger partial charge in [-0.25, -0.2) is 13.1 Å². The standard InChI is InChI=1S/C21H19ClF3N5O3S/c1-3-30-19(27-28-20(30)33-15-6-4-13-8-9-26-17(13)11-15)12(2)29-34(31,32)18-10-14(21(23,24)25)5-7-16(18)22/h4-12,26,29H,3H2,1-2H3/t12-/m1/s1. The van der Waals surface area contributed by atoms with Crippen molar-refractivity contribution in [3.63, 3.8) is 0 Å². The zero-order valence-electron chi connectivity index (χ0n) is 17.9. The zero-order valence-corrected chi connectivity index (χ0v) is 19.5. The van der Waals surface area contributed by atoms with Crippen molar-refractivity contribution in [3.05, 3.63) is 65.1 Å². The summed E-state index contributed by atoms with van der Waals surface area (Å²) < 4.78 is 74.6. The van der Waals surface area contributed by atoms with Gasteiger partial charge in [-0.2, -0.15) is 13.2 Å². The molecule has 0 radical (unpaired) electrons. The fourth-order valence-corrected chi connectivity index (χ4v) is 5.15. The molecule has 0 aliphatic carbocycles. The van der Waals surface area contributed by atoms with E-state index in [1.807, 2.05) is 12.1 Å².